The van der Waals surface area contributed by atoms with Crippen LogP contribution in [0.25, 0.3) is 6.08 Å². The Morgan fingerprint density at radius 3 is 3.00 bits per heavy atom. The molecule has 1 unspecified atom stereocenters. The summed E-state index contributed by atoms with van der Waals surface area (Å²) in [6.07, 6.45) is 6.41. The van der Waals surface area contributed by atoms with Crippen LogP contribution in [-0.4, -0.2) is 6.61 Å². The minimum Gasteiger partial charge on any atom is -0.493 e. The zero-order valence-corrected chi connectivity index (χ0v) is 9.99. The Morgan fingerprint density at radius 2 is 2.25 bits per heavy atom. The molecule has 0 saturated heterocycles. The highest BCUT2D eigenvalue weighted by Crippen LogP contribution is 2.34. The highest BCUT2D eigenvalue weighted by Gasteiger charge is 2.16. The molecule has 0 fully saturated rings. The fraction of sp³-hybridized carbons (Fsp3) is 0.429. The normalized spacial score (nSPS) is 18.2. The summed E-state index contributed by atoms with van der Waals surface area (Å²) in [4.78, 5) is 0. The van der Waals surface area contributed by atoms with Crippen molar-refractivity contribution in [2.75, 3.05) is 12.3 Å². The number of nitrogen functional groups attached to an aromatic ring is 1. The van der Waals surface area contributed by atoms with Crippen LogP contribution < -0.4 is 10.5 Å². The van der Waals surface area contributed by atoms with E-state index < -0.39 is 0 Å². The van der Waals surface area contributed by atoms with Crippen molar-refractivity contribution in [1.82, 2.24) is 0 Å². The number of anilines is 1. The molecule has 1 aliphatic rings. The minimum absolute atomic E-state index is 0.566. The number of hydrogen-bond acceptors (Lipinski definition) is 2. The van der Waals surface area contributed by atoms with Crippen molar-refractivity contribution in [3.8, 4) is 5.75 Å². The van der Waals surface area contributed by atoms with Crippen LogP contribution in [0.3, 0.4) is 0 Å². The molecule has 0 saturated carbocycles. The molecule has 2 N–H and O–H groups in total. The molecule has 0 bridgehead atoms. The first kappa shape index (κ1) is 11.1. The van der Waals surface area contributed by atoms with Crippen molar-refractivity contribution >= 4 is 11.8 Å². The second-order valence-electron chi connectivity index (χ2n) is 4.43. The van der Waals surface area contributed by atoms with Crippen molar-refractivity contribution in [3.05, 3.63) is 29.3 Å². The largest absolute Gasteiger partial charge is 0.493 e. The predicted octanol–water partition coefficient (Wildman–Crippen LogP) is 3.26. The highest BCUT2D eigenvalue weighted by atomic mass is 16.5. The van der Waals surface area contributed by atoms with Crippen LogP contribution in [0, 0.1) is 5.92 Å². The molecule has 2 nitrogen and oxygen atoms in total. The van der Waals surface area contributed by atoms with Crippen molar-refractivity contribution in [2.45, 2.75) is 26.7 Å². The van der Waals surface area contributed by atoms with Gasteiger partial charge in [0.15, 0.2) is 0 Å². The molecular formula is C14H19NO. The van der Waals surface area contributed by atoms with Gasteiger partial charge in [0.05, 0.1) is 6.61 Å². The molecule has 2 rings (SSSR count). The lowest BCUT2D eigenvalue weighted by atomic mass is 9.89. The highest BCUT2D eigenvalue weighted by molar-refractivity contribution is 5.70. The molecule has 1 atom stereocenters. The van der Waals surface area contributed by atoms with E-state index in [0.717, 1.165) is 30.9 Å². The van der Waals surface area contributed by atoms with Gasteiger partial charge in [0.1, 0.15) is 5.75 Å². The van der Waals surface area contributed by atoms with Gasteiger partial charge in [-0.05, 0) is 36.5 Å². The maximum absolute atomic E-state index is 6.01. The van der Waals surface area contributed by atoms with E-state index in [4.69, 9.17) is 10.5 Å². The van der Waals surface area contributed by atoms with Crippen LogP contribution in [-0.2, 0) is 6.42 Å². The van der Waals surface area contributed by atoms with Gasteiger partial charge in [0, 0.05) is 11.3 Å². The third kappa shape index (κ3) is 2.06. The second kappa shape index (κ2) is 4.60. The second-order valence-corrected chi connectivity index (χ2v) is 4.43. The van der Waals surface area contributed by atoms with E-state index in [1.165, 1.54) is 11.1 Å². The summed E-state index contributed by atoms with van der Waals surface area (Å²) < 4.78 is 5.74. The van der Waals surface area contributed by atoms with Gasteiger partial charge in [-0.3, -0.25) is 0 Å². The van der Waals surface area contributed by atoms with E-state index >= 15 is 0 Å². The van der Waals surface area contributed by atoms with Crippen molar-refractivity contribution in [2.24, 2.45) is 5.92 Å². The summed E-state index contributed by atoms with van der Waals surface area (Å²) in [6, 6.07) is 3.93. The Morgan fingerprint density at radius 1 is 1.44 bits per heavy atom. The monoisotopic (exact) mass is 217 g/mol. The molecule has 1 aromatic carbocycles. The van der Waals surface area contributed by atoms with E-state index in [-0.39, 0.29) is 0 Å². The Kier molecular flexibility index (Phi) is 3.18. The van der Waals surface area contributed by atoms with Gasteiger partial charge in [-0.2, -0.15) is 0 Å². The van der Waals surface area contributed by atoms with E-state index in [9.17, 15) is 0 Å². The minimum atomic E-state index is 0.566. The quantitative estimate of drug-likeness (QED) is 0.789. The number of hydrogen-bond donors (Lipinski definition) is 1. The van der Waals surface area contributed by atoms with Crippen LogP contribution in [0.2, 0.25) is 0 Å². The van der Waals surface area contributed by atoms with Gasteiger partial charge in [0.2, 0.25) is 0 Å². The molecule has 0 aromatic heterocycles. The topological polar surface area (TPSA) is 35.2 Å². The van der Waals surface area contributed by atoms with Gasteiger partial charge in [-0.15, -0.1) is 0 Å². The average Bonchev–Trinajstić information content (AvgIpc) is 2.29. The van der Waals surface area contributed by atoms with Gasteiger partial charge in [-0.25, -0.2) is 0 Å². The van der Waals surface area contributed by atoms with Crippen molar-refractivity contribution in [1.29, 1.82) is 0 Å². The smallest absolute Gasteiger partial charge is 0.126 e. The third-order valence-corrected chi connectivity index (χ3v) is 2.93. The first-order valence-corrected chi connectivity index (χ1v) is 5.94. The first-order valence-electron chi connectivity index (χ1n) is 5.94. The molecule has 2 heteroatoms. The lowest BCUT2D eigenvalue weighted by Crippen LogP contribution is -2.09. The standard InChI is InChI=1S/C14H19NO/c1-3-8-16-14-7-6-13(15)12-9-10(2)4-5-11(12)14/h4-7,10H,3,8-9,15H2,1-2H3. The predicted molar refractivity (Wildman–Crippen MR) is 68.5 cm³/mol. The van der Waals surface area contributed by atoms with E-state index in [1.54, 1.807) is 0 Å². The Bertz CT molecular complexity index is 409. The van der Waals surface area contributed by atoms with Gasteiger partial charge in [0.25, 0.3) is 0 Å². The fourth-order valence-corrected chi connectivity index (χ4v) is 2.06. The number of fused-ring (bicyclic) bond motifs is 1. The number of benzene rings is 1. The molecular weight excluding hydrogens is 198 g/mol. The van der Waals surface area contributed by atoms with Crippen LogP contribution in [0.5, 0.6) is 5.75 Å². The molecule has 0 spiro atoms. The maximum Gasteiger partial charge on any atom is 0.126 e. The summed E-state index contributed by atoms with van der Waals surface area (Å²) in [7, 11) is 0. The number of nitrogens with two attached hydrogens (primary N) is 1. The molecule has 0 heterocycles. The molecule has 1 aromatic rings. The summed E-state index contributed by atoms with van der Waals surface area (Å²) in [5, 5.41) is 0. The first-order chi connectivity index (χ1) is 7.72. The maximum atomic E-state index is 6.01. The number of rotatable bonds is 3. The lowest BCUT2D eigenvalue weighted by Gasteiger charge is -2.20. The van der Waals surface area contributed by atoms with Crippen LogP contribution in [0.15, 0.2) is 18.2 Å². The van der Waals surface area contributed by atoms with Crippen LogP contribution >= 0.6 is 0 Å². The van der Waals surface area contributed by atoms with Crippen LogP contribution in [0.1, 0.15) is 31.4 Å². The average molecular weight is 217 g/mol. The van der Waals surface area contributed by atoms with E-state index in [0.29, 0.717) is 5.92 Å². The Balaban J connectivity index is 2.37. The van der Waals surface area contributed by atoms with Crippen molar-refractivity contribution in [3.63, 3.8) is 0 Å². The zero-order valence-electron chi connectivity index (χ0n) is 9.99. The summed E-state index contributed by atoms with van der Waals surface area (Å²) in [5.41, 5.74) is 9.31. The fourth-order valence-electron chi connectivity index (χ4n) is 2.06. The number of allylic oxidation sites excluding steroid dienone is 1. The van der Waals surface area contributed by atoms with Crippen LogP contribution in [0.4, 0.5) is 5.69 Å². The molecule has 86 valence electrons. The number of ether oxygens (including phenoxy) is 1. The molecule has 16 heavy (non-hydrogen) atoms. The molecule has 1 aliphatic carbocycles. The van der Waals surface area contributed by atoms with Gasteiger partial charge in [-0.1, -0.05) is 26.0 Å². The molecule has 0 amide bonds. The molecule has 0 radical (unpaired) electrons. The summed E-state index contributed by atoms with van der Waals surface area (Å²) >= 11 is 0. The van der Waals surface area contributed by atoms with Gasteiger partial charge < -0.3 is 10.5 Å². The Hall–Kier alpha value is -1.44. The summed E-state index contributed by atoms with van der Waals surface area (Å²) in [6.45, 7) is 5.08. The molecule has 0 aliphatic heterocycles. The van der Waals surface area contributed by atoms with E-state index in [1.807, 2.05) is 12.1 Å². The van der Waals surface area contributed by atoms with E-state index in [2.05, 4.69) is 26.0 Å². The third-order valence-electron chi connectivity index (χ3n) is 2.93. The Labute approximate surface area is 97.1 Å². The van der Waals surface area contributed by atoms with Gasteiger partial charge >= 0.3 is 0 Å². The zero-order chi connectivity index (χ0) is 11.5. The summed E-state index contributed by atoms with van der Waals surface area (Å²) in [5.74, 6) is 1.53. The van der Waals surface area contributed by atoms with Crippen molar-refractivity contribution < 1.29 is 4.74 Å². The lowest BCUT2D eigenvalue weighted by molar-refractivity contribution is 0.316. The SMILES string of the molecule is CCCOc1ccc(N)c2c1C=CC(C)C2.